The van der Waals surface area contributed by atoms with Crippen LogP contribution >= 0.6 is 11.6 Å². The minimum Gasteiger partial charge on any atom is -0.371 e. The first-order valence-electron chi connectivity index (χ1n) is 5.82. The highest BCUT2D eigenvalue weighted by atomic mass is 35.5. The standard InChI is InChI=1S/C13H13ClN4/c1-17-8-9-18(11-5-3-2-4-10(11)17)13-7-6-12(14)15-16-13/h2-7H,8-9H2,1H3. The maximum atomic E-state index is 5.77. The van der Waals surface area contributed by atoms with E-state index in [2.05, 4.69) is 39.2 Å². The van der Waals surface area contributed by atoms with Crippen molar-refractivity contribution >= 4 is 28.8 Å². The predicted molar refractivity (Wildman–Crippen MR) is 73.8 cm³/mol. The minimum atomic E-state index is 0.418. The first kappa shape index (κ1) is 11.3. The molecule has 0 saturated heterocycles. The summed E-state index contributed by atoms with van der Waals surface area (Å²) in [4.78, 5) is 4.41. The van der Waals surface area contributed by atoms with Gasteiger partial charge in [-0.05, 0) is 24.3 Å². The van der Waals surface area contributed by atoms with Gasteiger partial charge in [-0.3, -0.25) is 0 Å². The summed E-state index contributed by atoms with van der Waals surface area (Å²) < 4.78 is 0. The molecule has 92 valence electrons. The maximum absolute atomic E-state index is 5.77. The molecule has 18 heavy (non-hydrogen) atoms. The molecule has 0 spiro atoms. The number of aromatic nitrogens is 2. The molecule has 2 heterocycles. The molecule has 5 heteroatoms. The molecular formula is C13H13ClN4. The zero-order valence-electron chi connectivity index (χ0n) is 10.0. The van der Waals surface area contributed by atoms with E-state index in [1.54, 1.807) is 6.07 Å². The fraction of sp³-hybridized carbons (Fsp3) is 0.231. The number of hydrogen-bond donors (Lipinski definition) is 0. The third-order valence-electron chi connectivity index (χ3n) is 3.14. The topological polar surface area (TPSA) is 32.3 Å². The summed E-state index contributed by atoms with van der Waals surface area (Å²) in [5.74, 6) is 0.833. The van der Waals surface area contributed by atoms with E-state index in [4.69, 9.17) is 11.6 Å². The van der Waals surface area contributed by atoms with E-state index in [0.29, 0.717) is 5.15 Å². The molecule has 0 N–H and O–H groups in total. The Kier molecular flexibility index (Phi) is 2.80. The van der Waals surface area contributed by atoms with Crippen molar-refractivity contribution in [3.63, 3.8) is 0 Å². The molecule has 0 amide bonds. The molecule has 1 aliphatic heterocycles. The van der Waals surface area contributed by atoms with Crippen LogP contribution in [-0.4, -0.2) is 30.3 Å². The van der Waals surface area contributed by atoms with Gasteiger partial charge in [-0.1, -0.05) is 23.7 Å². The molecule has 1 aromatic carbocycles. The van der Waals surface area contributed by atoms with Gasteiger partial charge in [0, 0.05) is 20.1 Å². The number of likely N-dealkylation sites (N-methyl/N-ethyl adjacent to an activating group) is 1. The number of nitrogens with zero attached hydrogens (tertiary/aromatic N) is 4. The summed E-state index contributed by atoms with van der Waals surface area (Å²) in [7, 11) is 2.10. The van der Waals surface area contributed by atoms with Crippen LogP contribution in [0.5, 0.6) is 0 Å². The Balaban J connectivity index is 2.04. The largest absolute Gasteiger partial charge is 0.371 e. The Labute approximate surface area is 111 Å². The van der Waals surface area contributed by atoms with Gasteiger partial charge in [0.15, 0.2) is 11.0 Å². The van der Waals surface area contributed by atoms with Crippen molar-refractivity contribution in [1.82, 2.24) is 10.2 Å². The number of anilines is 3. The monoisotopic (exact) mass is 260 g/mol. The summed E-state index contributed by atoms with van der Waals surface area (Å²) in [5.41, 5.74) is 2.36. The van der Waals surface area contributed by atoms with Crippen molar-refractivity contribution < 1.29 is 0 Å². The fourth-order valence-corrected chi connectivity index (χ4v) is 2.30. The molecule has 1 aromatic heterocycles. The van der Waals surface area contributed by atoms with Crippen LogP contribution in [0, 0.1) is 0 Å². The summed E-state index contributed by atoms with van der Waals surface area (Å²) in [6, 6.07) is 12.0. The molecule has 0 fully saturated rings. The average Bonchev–Trinajstić information content (AvgIpc) is 2.41. The van der Waals surface area contributed by atoms with E-state index in [1.165, 1.54) is 5.69 Å². The van der Waals surface area contributed by atoms with Crippen molar-refractivity contribution in [2.75, 3.05) is 29.9 Å². The lowest BCUT2D eigenvalue weighted by Gasteiger charge is -2.35. The number of fused-ring (bicyclic) bond motifs is 1. The van der Waals surface area contributed by atoms with Crippen LogP contribution < -0.4 is 9.80 Å². The van der Waals surface area contributed by atoms with Crippen LogP contribution in [0.3, 0.4) is 0 Å². The van der Waals surface area contributed by atoms with Gasteiger partial charge in [-0.25, -0.2) is 0 Å². The zero-order valence-corrected chi connectivity index (χ0v) is 10.8. The van der Waals surface area contributed by atoms with E-state index in [0.717, 1.165) is 24.6 Å². The summed E-state index contributed by atoms with van der Waals surface area (Å²) >= 11 is 5.77. The van der Waals surface area contributed by atoms with Crippen molar-refractivity contribution in [2.45, 2.75) is 0 Å². The maximum Gasteiger partial charge on any atom is 0.155 e. The van der Waals surface area contributed by atoms with Gasteiger partial charge in [0.25, 0.3) is 0 Å². The van der Waals surface area contributed by atoms with E-state index < -0.39 is 0 Å². The molecule has 4 nitrogen and oxygen atoms in total. The summed E-state index contributed by atoms with van der Waals surface area (Å²) in [6.45, 7) is 1.85. The summed E-state index contributed by atoms with van der Waals surface area (Å²) in [5, 5.41) is 8.48. The molecule has 0 radical (unpaired) electrons. The van der Waals surface area contributed by atoms with Gasteiger partial charge in [0.1, 0.15) is 0 Å². The van der Waals surface area contributed by atoms with Gasteiger partial charge < -0.3 is 9.80 Å². The quantitative estimate of drug-likeness (QED) is 0.789. The second-order valence-electron chi connectivity index (χ2n) is 4.28. The van der Waals surface area contributed by atoms with Crippen molar-refractivity contribution in [3.8, 4) is 0 Å². The Morgan fingerprint density at radius 2 is 1.78 bits per heavy atom. The van der Waals surface area contributed by atoms with Gasteiger partial charge >= 0.3 is 0 Å². The van der Waals surface area contributed by atoms with Crippen LogP contribution in [0.1, 0.15) is 0 Å². The van der Waals surface area contributed by atoms with Crippen LogP contribution in [0.15, 0.2) is 36.4 Å². The fourth-order valence-electron chi connectivity index (χ4n) is 2.20. The van der Waals surface area contributed by atoms with Crippen molar-refractivity contribution in [1.29, 1.82) is 0 Å². The predicted octanol–water partition coefficient (Wildman–Crippen LogP) is 2.72. The number of halogens is 1. The van der Waals surface area contributed by atoms with Gasteiger partial charge in [-0.2, -0.15) is 0 Å². The molecule has 0 bridgehead atoms. The Morgan fingerprint density at radius 3 is 2.50 bits per heavy atom. The van der Waals surface area contributed by atoms with Crippen molar-refractivity contribution in [2.24, 2.45) is 0 Å². The van der Waals surface area contributed by atoms with E-state index in [9.17, 15) is 0 Å². The second-order valence-corrected chi connectivity index (χ2v) is 4.66. The number of para-hydroxylation sites is 2. The van der Waals surface area contributed by atoms with Crippen LogP contribution in [0.4, 0.5) is 17.2 Å². The van der Waals surface area contributed by atoms with Crippen LogP contribution in [0.2, 0.25) is 5.15 Å². The third kappa shape index (κ3) is 1.88. The minimum absolute atomic E-state index is 0.418. The Morgan fingerprint density at radius 1 is 1.00 bits per heavy atom. The number of hydrogen-bond acceptors (Lipinski definition) is 4. The number of benzene rings is 1. The van der Waals surface area contributed by atoms with Gasteiger partial charge in [-0.15, -0.1) is 10.2 Å². The number of rotatable bonds is 1. The van der Waals surface area contributed by atoms with E-state index in [-0.39, 0.29) is 0 Å². The highest BCUT2D eigenvalue weighted by molar-refractivity contribution is 6.29. The molecule has 0 atom stereocenters. The lowest BCUT2D eigenvalue weighted by Crippen LogP contribution is -2.36. The van der Waals surface area contributed by atoms with Crippen LogP contribution in [0.25, 0.3) is 0 Å². The van der Waals surface area contributed by atoms with Gasteiger partial charge in [0.05, 0.1) is 11.4 Å². The van der Waals surface area contributed by atoms with Crippen molar-refractivity contribution in [3.05, 3.63) is 41.6 Å². The Hall–Kier alpha value is -1.81. The molecule has 0 saturated carbocycles. The highest BCUT2D eigenvalue weighted by Crippen LogP contribution is 2.35. The van der Waals surface area contributed by atoms with E-state index in [1.807, 2.05) is 18.2 Å². The third-order valence-corrected chi connectivity index (χ3v) is 3.34. The Bertz CT molecular complexity index is 555. The first-order valence-corrected chi connectivity index (χ1v) is 6.20. The lowest BCUT2D eigenvalue weighted by molar-refractivity contribution is 0.804. The normalized spacial score (nSPS) is 14.6. The van der Waals surface area contributed by atoms with Gasteiger partial charge in [0.2, 0.25) is 0 Å². The average molecular weight is 261 g/mol. The molecular weight excluding hydrogens is 248 g/mol. The molecule has 1 aliphatic rings. The molecule has 0 aliphatic carbocycles. The summed E-state index contributed by atoms with van der Waals surface area (Å²) in [6.07, 6.45) is 0. The molecule has 2 aromatic rings. The highest BCUT2D eigenvalue weighted by Gasteiger charge is 2.21. The molecule has 0 unspecified atom stereocenters. The second kappa shape index (κ2) is 4.46. The van der Waals surface area contributed by atoms with E-state index >= 15 is 0 Å². The zero-order chi connectivity index (χ0) is 12.5. The first-order chi connectivity index (χ1) is 8.75. The molecule has 3 rings (SSSR count). The smallest absolute Gasteiger partial charge is 0.155 e. The van der Waals surface area contributed by atoms with Crippen LogP contribution in [-0.2, 0) is 0 Å². The SMILES string of the molecule is CN1CCN(c2ccc(Cl)nn2)c2ccccc21. The lowest BCUT2D eigenvalue weighted by atomic mass is 10.2.